The van der Waals surface area contributed by atoms with Crippen LogP contribution < -0.4 is 15.4 Å². The summed E-state index contributed by atoms with van der Waals surface area (Å²) in [6.45, 7) is 5.21. The number of nitrogens with one attached hydrogen (secondary N) is 2. The Bertz CT molecular complexity index is 563. The van der Waals surface area contributed by atoms with Crippen molar-refractivity contribution in [2.24, 2.45) is 0 Å². The fraction of sp³-hybridized carbons (Fsp3) is 0.467. The van der Waals surface area contributed by atoms with Crippen molar-refractivity contribution in [1.29, 1.82) is 0 Å². The van der Waals surface area contributed by atoms with E-state index in [1.54, 1.807) is 32.0 Å². The Morgan fingerprint density at radius 3 is 2.90 bits per heavy atom. The molecule has 1 atom stereocenters. The molecule has 1 heterocycles. The van der Waals surface area contributed by atoms with Crippen LogP contribution in [0.2, 0.25) is 0 Å². The Hall–Kier alpha value is -2.08. The predicted octanol–water partition coefficient (Wildman–Crippen LogP) is 1.30. The normalized spacial score (nSPS) is 15.5. The van der Waals surface area contributed by atoms with E-state index in [-0.39, 0.29) is 24.5 Å². The molecule has 1 aliphatic heterocycles. The van der Waals surface area contributed by atoms with E-state index in [0.29, 0.717) is 23.4 Å². The highest BCUT2D eigenvalue weighted by atomic mass is 16.5. The minimum atomic E-state index is -0.843. The first kappa shape index (κ1) is 15.3. The van der Waals surface area contributed by atoms with Gasteiger partial charge in [-0.1, -0.05) is 0 Å². The van der Waals surface area contributed by atoms with Crippen LogP contribution in [0.15, 0.2) is 18.2 Å². The summed E-state index contributed by atoms with van der Waals surface area (Å²) < 4.78 is 5.24. The standard InChI is InChI=1S/C15H20N2O4/c1-9(7-15(2,3)20)16-14(19)10-4-5-12-11(6-10)17-13(18)8-21-12/h4-6,9,20H,7-8H2,1-3H3,(H,16,19)(H,17,18). The number of hydrogen-bond donors (Lipinski definition) is 3. The quantitative estimate of drug-likeness (QED) is 0.780. The summed E-state index contributed by atoms with van der Waals surface area (Å²) in [5.74, 6) is 0.0560. The number of rotatable bonds is 4. The van der Waals surface area contributed by atoms with E-state index in [0.717, 1.165) is 0 Å². The maximum atomic E-state index is 12.2. The molecule has 0 fully saturated rings. The van der Waals surface area contributed by atoms with Gasteiger partial charge in [-0.3, -0.25) is 9.59 Å². The second-order valence-corrected chi connectivity index (χ2v) is 5.94. The van der Waals surface area contributed by atoms with Gasteiger partial charge in [0.2, 0.25) is 0 Å². The predicted molar refractivity (Wildman–Crippen MR) is 78.4 cm³/mol. The van der Waals surface area contributed by atoms with Crippen molar-refractivity contribution in [1.82, 2.24) is 5.32 Å². The second-order valence-electron chi connectivity index (χ2n) is 5.94. The molecule has 6 nitrogen and oxygen atoms in total. The molecule has 3 N–H and O–H groups in total. The molecule has 114 valence electrons. The third-order valence-electron chi connectivity index (χ3n) is 3.06. The van der Waals surface area contributed by atoms with E-state index >= 15 is 0 Å². The Morgan fingerprint density at radius 2 is 2.24 bits per heavy atom. The Balaban J connectivity index is 2.06. The van der Waals surface area contributed by atoms with Crippen LogP contribution in [0.3, 0.4) is 0 Å². The molecule has 1 aliphatic rings. The third kappa shape index (κ3) is 4.19. The summed E-state index contributed by atoms with van der Waals surface area (Å²) in [5, 5.41) is 15.2. The van der Waals surface area contributed by atoms with Gasteiger partial charge in [-0.15, -0.1) is 0 Å². The summed E-state index contributed by atoms with van der Waals surface area (Å²) in [4.78, 5) is 23.4. The highest BCUT2D eigenvalue weighted by Crippen LogP contribution is 2.28. The van der Waals surface area contributed by atoms with Gasteiger partial charge < -0.3 is 20.5 Å². The molecule has 1 aromatic rings. The van der Waals surface area contributed by atoms with Gasteiger partial charge in [0, 0.05) is 11.6 Å². The summed E-state index contributed by atoms with van der Waals surface area (Å²) in [5.41, 5.74) is 0.0841. The fourth-order valence-electron chi connectivity index (χ4n) is 2.33. The molecule has 0 saturated carbocycles. The summed E-state index contributed by atoms with van der Waals surface area (Å²) in [6, 6.07) is 4.71. The highest BCUT2D eigenvalue weighted by Gasteiger charge is 2.21. The number of hydrogen-bond acceptors (Lipinski definition) is 4. The smallest absolute Gasteiger partial charge is 0.262 e. The number of fused-ring (bicyclic) bond motifs is 1. The van der Waals surface area contributed by atoms with Gasteiger partial charge in [0.25, 0.3) is 11.8 Å². The molecule has 0 saturated heterocycles. The first-order valence-corrected chi connectivity index (χ1v) is 6.84. The molecule has 6 heteroatoms. The van der Waals surface area contributed by atoms with Crippen molar-refractivity contribution in [2.75, 3.05) is 11.9 Å². The van der Waals surface area contributed by atoms with Crippen molar-refractivity contribution in [3.8, 4) is 5.75 Å². The molecule has 1 unspecified atom stereocenters. The fourth-order valence-corrected chi connectivity index (χ4v) is 2.33. The Labute approximate surface area is 123 Å². The van der Waals surface area contributed by atoms with Crippen molar-refractivity contribution in [3.63, 3.8) is 0 Å². The van der Waals surface area contributed by atoms with Crippen LogP contribution in [0.4, 0.5) is 5.69 Å². The number of carbonyl (C=O) groups excluding carboxylic acids is 2. The summed E-state index contributed by atoms with van der Waals surface area (Å²) >= 11 is 0. The van der Waals surface area contributed by atoms with Gasteiger partial charge in [0.1, 0.15) is 5.75 Å². The molecule has 0 spiro atoms. The summed E-state index contributed by atoms with van der Waals surface area (Å²) in [7, 11) is 0. The van der Waals surface area contributed by atoms with E-state index in [9.17, 15) is 14.7 Å². The Morgan fingerprint density at radius 1 is 1.52 bits per heavy atom. The molecule has 1 aromatic carbocycles. The summed E-state index contributed by atoms with van der Waals surface area (Å²) in [6.07, 6.45) is 0.448. The molecule has 0 aliphatic carbocycles. The van der Waals surface area contributed by atoms with Gasteiger partial charge in [-0.2, -0.15) is 0 Å². The Kier molecular flexibility index (Phi) is 4.18. The number of anilines is 1. The minimum absolute atomic E-state index is 0.0127. The largest absolute Gasteiger partial charge is 0.482 e. The topological polar surface area (TPSA) is 87.7 Å². The molecule has 2 rings (SSSR count). The lowest BCUT2D eigenvalue weighted by atomic mass is 10.00. The first-order valence-electron chi connectivity index (χ1n) is 6.84. The number of ether oxygens (including phenoxy) is 1. The van der Waals surface area contributed by atoms with Crippen molar-refractivity contribution < 1.29 is 19.4 Å². The zero-order valence-corrected chi connectivity index (χ0v) is 12.4. The van der Waals surface area contributed by atoms with Gasteiger partial charge in [0.15, 0.2) is 6.61 Å². The molecular weight excluding hydrogens is 272 g/mol. The zero-order valence-electron chi connectivity index (χ0n) is 12.4. The minimum Gasteiger partial charge on any atom is -0.482 e. The van der Waals surface area contributed by atoms with Gasteiger partial charge in [-0.25, -0.2) is 0 Å². The molecule has 0 radical (unpaired) electrons. The lowest BCUT2D eigenvalue weighted by Crippen LogP contribution is -2.38. The van der Waals surface area contributed by atoms with Gasteiger partial charge in [-0.05, 0) is 45.4 Å². The highest BCUT2D eigenvalue weighted by molar-refractivity contribution is 5.99. The van der Waals surface area contributed by atoms with Crippen LogP contribution in [0.25, 0.3) is 0 Å². The average molecular weight is 292 g/mol. The molecule has 2 amide bonds. The first-order chi connectivity index (χ1) is 9.74. The average Bonchev–Trinajstić information content (AvgIpc) is 2.35. The monoisotopic (exact) mass is 292 g/mol. The lowest BCUT2D eigenvalue weighted by molar-refractivity contribution is -0.118. The SMILES string of the molecule is CC(CC(C)(C)O)NC(=O)c1ccc2c(c1)NC(=O)CO2. The van der Waals surface area contributed by atoms with Crippen LogP contribution in [-0.4, -0.2) is 35.2 Å². The van der Waals surface area contributed by atoms with E-state index in [2.05, 4.69) is 10.6 Å². The van der Waals surface area contributed by atoms with Gasteiger partial charge in [0.05, 0.1) is 11.3 Å². The number of benzene rings is 1. The molecule has 0 aromatic heterocycles. The number of amides is 2. The molecule has 0 bridgehead atoms. The van der Waals surface area contributed by atoms with Crippen LogP contribution in [0.5, 0.6) is 5.75 Å². The maximum Gasteiger partial charge on any atom is 0.262 e. The van der Waals surface area contributed by atoms with Crippen LogP contribution in [0.1, 0.15) is 37.6 Å². The zero-order chi connectivity index (χ0) is 15.6. The second kappa shape index (κ2) is 5.73. The molecule has 21 heavy (non-hydrogen) atoms. The van der Waals surface area contributed by atoms with Crippen LogP contribution in [-0.2, 0) is 4.79 Å². The molecular formula is C15H20N2O4. The lowest BCUT2D eigenvalue weighted by Gasteiger charge is -2.23. The van der Waals surface area contributed by atoms with E-state index in [1.165, 1.54) is 0 Å². The van der Waals surface area contributed by atoms with Crippen molar-refractivity contribution in [3.05, 3.63) is 23.8 Å². The van der Waals surface area contributed by atoms with E-state index in [4.69, 9.17) is 4.74 Å². The van der Waals surface area contributed by atoms with E-state index in [1.807, 2.05) is 6.92 Å². The van der Waals surface area contributed by atoms with Crippen LogP contribution >= 0.6 is 0 Å². The van der Waals surface area contributed by atoms with Crippen molar-refractivity contribution in [2.45, 2.75) is 38.8 Å². The van der Waals surface area contributed by atoms with Crippen LogP contribution in [0, 0.1) is 0 Å². The van der Waals surface area contributed by atoms with Crippen molar-refractivity contribution >= 4 is 17.5 Å². The maximum absolute atomic E-state index is 12.2. The van der Waals surface area contributed by atoms with Gasteiger partial charge >= 0.3 is 0 Å². The number of carbonyl (C=O) groups is 2. The number of aliphatic hydroxyl groups is 1. The third-order valence-corrected chi connectivity index (χ3v) is 3.06. The van der Waals surface area contributed by atoms with E-state index < -0.39 is 5.60 Å².